The van der Waals surface area contributed by atoms with Crippen molar-refractivity contribution < 1.29 is 9.84 Å². The number of phenols is 1. The predicted octanol–water partition coefficient (Wildman–Crippen LogP) is 4.19. The Morgan fingerprint density at radius 1 is 1.19 bits per heavy atom. The normalized spacial score (nSPS) is 20.8. The van der Waals surface area contributed by atoms with Crippen LogP contribution in [0.4, 0.5) is 0 Å². The van der Waals surface area contributed by atoms with Gasteiger partial charge in [0, 0.05) is 23.0 Å². The molecule has 0 saturated carbocycles. The quantitative estimate of drug-likeness (QED) is 0.830. The molecule has 0 amide bonds. The Morgan fingerprint density at radius 2 is 1.86 bits per heavy atom. The third-order valence-electron chi connectivity index (χ3n) is 3.99. The molecule has 1 aliphatic heterocycles. The van der Waals surface area contributed by atoms with Crippen LogP contribution in [-0.2, 0) is 0 Å². The van der Waals surface area contributed by atoms with Crippen molar-refractivity contribution in [2.75, 3.05) is 0 Å². The zero-order chi connectivity index (χ0) is 15.1. The first-order valence-electron chi connectivity index (χ1n) is 6.97. The highest BCUT2D eigenvalue weighted by Gasteiger charge is 2.27. The Bertz CT molecular complexity index is 676. The van der Waals surface area contributed by atoms with E-state index in [1.165, 1.54) is 0 Å². The Hall–Kier alpha value is -1.71. The highest BCUT2D eigenvalue weighted by molar-refractivity contribution is 6.30. The Labute approximate surface area is 129 Å². The molecule has 1 aliphatic rings. The first-order valence-corrected chi connectivity index (χ1v) is 7.35. The van der Waals surface area contributed by atoms with Gasteiger partial charge in [0.25, 0.3) is 0 Å². The van der Waals surface area contributed by atoms with Gasteiger partial charge >= 0.3 is 0 Å². The van der Waals surface area contributed by atoms with Gasteiger partial charge in [-0.05, 0) is 60.9 Å². The van der Waals surface area contributed by atoms with Crippen LogP contribution in [0.25, 0.3) is 0 Å². The van der Waals surface area contributed by atoms with E-state index in [0.717, 1.165) is 28.0 Å². The summed E-state index contributed by atoms with van der Waals surface area (Å²) in [6.07, 6.45) is 0.587. The van der Waals surface area contributed by atoms with Gasteiger partial charge in [-0.2, -0.15) is 0 Å². The summed E-state index contributed by atoms with van der Waals surface area (Å²) in [5.74, 6) is 1.12. The van der Waals surface area contributed by atoms with Gasteiger partial charge in [0.2, 0.25) is 0 Å². The van der Waals surface area contributed by atoms with Crippen molar-refractivity contribution in [3.05, 3.63) is 57.6 Å². The fourth-order valence-electron chi connectivity index (χ4n) is 2.85. The minimum absolute atomic E-state index is 0.105. The van der Waals surface area contributed by atoms with E-state index in [-0.39, 0.29) is 12.1 Å². The molecule has 3 nitrogen and oxygen atoms in total. The van der Waals surface area contributed by atoms with E-state index in [4.69, 9.17) is 22.1 Å². The number of fused-ring (bicyclic) bond motifs is 1. The van der Waals surface area contributed by atoms with Gasteiger partial charge in [-0.1, -0.05) is 11.6 Å². The molecule has 0 spiro atoms. The van der Waals surface area contributed by atoms with Crippen LogP contribution >= 0.6 is 11.6 Å². The molecule has 0 aliphatic carbocycles. The lowest BCUT2D eigenvalue weighted by molar-refractivity contribution is 0.161. The number of benzene rings is 2. The predicted molar refractivity (Wildman–Crippen MR) is 83.9 cm³/mol. The molecule has 2 unspecified atom stereocenters. The molecule has 3 N–H and O–H groups in total. The van der Waals surface area contributed by atoms with Crippen LogP contribution in [0.3, 0.4) is 0 Å². The molecule has 1 heterocycles. The number of nitrogens with two attached hydrogens (primary N) is 1. The van der Waals surface area contributed by atoms with Crippen molar-refractivity contribution >= 4 is 11.6 Å². The molecular formula is C17H18ClNO2. The molecule has 0 radical (unpaired) electrons. The van der Waals surface area contributed by atoms with Crippen LogP contribution < -0.4 is 10.5 Å². The SMILES string of the molecule is Cc1cc(C2CC(N)c3cc(Cl)ccc3O2)cc(C)c1O. The van der Waals surface area contributed by atoms with E-state index in [1.54, 1.807) is 0 Å². The molecule has 2 aromatic carbocycles. The lowest BCUT2D eigenvalue weighted by Gasteiger charge is -2.31. The second kappa shape index (κ2) is 5.24. The van der Waals surface area contributed by atoms with E-state index < -0.39 is 0 Å². The maximum absolute atomic E-state index is 9.89. The van der Waals surface area contributed by atoms with Crippen molar-refractivity contribution in [3.8, 4) is 11.5 Å². The number of hydrogen-bond acceptors (Lipinski definition) is 3. The minimum Gasteiger partial charge on any atom is -0.507 e. The number of aromatic hydroxyl groups is 1. The van der Waals surface area contributed by atoms with E-state index in [0.29, 0.717) is 17.2 Å². The van der Waals surface area contributed by atoms with Gasteiger partial charge in [0.05, 0.1) is 0 Å². The second-order valence-electron chi connectivity index (χ2n) is 5.63. The lowest BCUT2D eigenvalue weighted by Crippen LogP contribution is -2.24. The standard InChI is InChI=1S/C17H18ClNO2/c1-9-5-11(6-10(2)17(9)20)16-8-14(19)13-7-12(18)3-4-15(13)21-16/h3-7,14,16,20H,8,19H2,1-2H3. The van der Waals surface area contributed by atoms with Crippen LogP contribution in [0, 0.1) is 13.8 Å². The number of ether oxygens (including phenoxy) is 1. The highest BCUT2D eigenvalue weighted by atomic mass is 35.5. The molecule has 0 saturated heterocycles. The number of aryl methyl sites for hydroxylation is 2. The molecule has 3 rings (SSSR count). The maximum Gasteiger partial charge on any atom is 0.126 e. The largest absolute Gasteiger partial charge is 0.507 e. The molecular weight excluding hydrogens is 286 g/mol. The van der Waals surface area contributed by atoms with Crippen molar-refractivity contribution in [1.29, 1.82) is 0 Å². The van der Waals surface area contributed by atoms with E-state index in [2.05, 4.69) is 0 Å². The average Bonchev–Trinajstić information content (AvgIpc) is 2.44. The number of phenolic OH excluding ortho intramolecular Hbond substituents is 1. The van der Waals surface area contributed by atoms with Crippen LogP contribution in [-0.4, -0.2) is 5.11 Å². The fraction of sp³-hybridized carbons (Fsp3) is 0.294. The monoisotopic (exact) mass is 303 g/mol. The number of rotatable bonds is 1. The van der Waals surface area contributed by atoms with E-state index in [9.17, 15) is 5.11 Å². The summed E-state index contributed by atoms with van der Waals surface area (Å²) >= 11 is 6.02. The highest BCUT2D eigenvalue weighted by Crippen LogP contribution is 2.41. The third-order valence-corrected chi connectivity index (χ3v) is 4.23. The molecule has 0 bridgehead atoms. The van der Waals surface area contributed by atoms with Crippen molar-refractivity contribution in [2.24, 2.45) is 5.73 Å². The molecule has 2 aromatic rings. The van der Waals surface area contributed by atoms with Gasteiger partial charge in [0.1, 0.15) is 17.6 Å². The summed E-state index contributed by atoms with van der Waals surface area (Å²) in [5, 5.41) is 10.6. The van der Waals surface area contributed by atoms with Gasteiger partial charge in [0.15, 0.2) is 0 Å². The topological polar surface area (TPSA) is 55.5 Å². The second-order valence-corrected chi connectivity index (χ2v) is 6.07. The summed E-state index contributed by atoms with van der Waals surface area (Å²) < 4.78 is 6.07. The molecule has 110 valence electrons. The molecule has 21 heavy (non-hydrogen) atoms. The van der Waals surface area contributed by atoms with Crippen molar-refractivity contribution in [2.45, 2.75) is 32.4 Å². The first-order chi connectivity index (χ1) is 9.95. The lowest BCUT2D eigenvalue weighted by atomic mass is 9.92. The average molecular weight is 304 g/mol. The minimum atomic E-state index is -0.105. The number of halogens is 1. The van der Waals surface area contributed by atoms with Gasteiger partial charge < -0.3 is 15.6 Å². The number of hydrogen-bond donors (Lipinski definition) is 2. The van der Waals surface area contributed by atoms with Crippen LogP contribution in [0.5, 0.6) is 11.5 Å². The summed E-state index contributed by atoms with van der Waals surface area (Å²) in [6.45, 7) is 3.78. The Morgan fingerprint density at radius 3 is 2.52 bits per heavy atom. The van der Waals surface area contributed by atoms with E-state index >= 15 is 0 Å². The zero-order valence-electron chi connectivity index (χ0n) is 12.1. The summed E-state index contributed by atoms with van der Waals surface area (Å²) in [4.78, 5) is 0. The molecule has 0 fully saturated rings. The molecule has 0 aromatic heterocycles. The van der Waals surface area contributed by atoms with Crippen LogP contribution in [0.1, 0.15) is 40.8 Å². The zero-order valence-corrected chi connectivity index (χ0v) is 12.8. The van der Waals surface area contributed by atoms with Gasteiger partial charge in [-0.15, -0.1) is 0 Å². The Kier molecular flexibility index (Phi) is 3.56. The maximum atomic E-state index is 9.89. The smallest absolute Gasteiger partial charge is 0.126 e. The van der Waals surface area contributed by atoms with Gasteiger partial charge in [-0.3, -0.25) is 0 Å². The fourth-order valence-corrected chi connectivity index (χ4v) is 3.04. The first kappa shape index (κ1) is 14.2. The van der Waals surface area contributed by atoms with Crippen LogP contribution in [0.2, 0.25) is 5.02 Å². The van der Waals surface area contributed by atoms with Crippen LogP contribution in [0.15, 0.2) is 30.3 Å². The molecule has 2 atom stereocenters. The summed E-state index contributed by atoms with van der Waals surface area (Å²) in [6, 6.07) is 9.35. The summed E-state index contributed by atoms with van der Waals surface area (Å²) in [5.41, 5.74) is 9.95. The summed E-state index contributed by atoms with van der Waals surface area (Å²) in [7, 11) is 0. The molecule has 4 heteroatoms. The van der Waals surface area contributed by atoms with Crippen molar-refractivity contribution in [3.63, 3.8) is 0 Å². The van der Waals surface area contributed by atoms with E-state index in [1.807, 2.05) is 44.2 Å². The van der Waals surface area contributed by atoms with Gasteiger partial charge in [-0.25, -0.2) is 0 Å². The Balaban J connectivity index is 1.98. The third kappa shape index (κ3) is 2.59. The van der Waals surface area contributed by atoms with Crippen molar-refractivity contribution in [1.82, 2.24) is 0 Å².